The van der Waals surface area contributed by atoms with Crippen molar-refractivity contribution in [2.24, 2.45) is 4.99 Å². The van der Waals surface area contributed by atoms with Crippen molar-refractivity contribution in [3.63, 3.8) is 0 Å². The molecule has 0 radical (unpaired) electrons. The Hall–Kier alpha value is -2.34. The van der Waals surface area contributed by atoms with Crippen LogP contribution in [0.2, 0.25) is 0 Å². The molecule has 26 heavy (non-hydrogen) atoms. The fourth-order valence-corrected chi connectivity index (χ4v) is 4.19. The van der Waals surface area contributed by atoms with Crippen molar-refractivity contribution < 1.29 is 14.3 Å². The summed E-state index contributed by atoms with van der Waals surface area (Å²) in [5.74, 6) is -0.429. The molecule has 0 spiro atoms. The number of ether oxygens (including phenoxy) is 1. The first kappa shape index (κ1) is 18.5. The summed E-state index contributed by atoms with van der Waals surface area (Å²) in [6, 6.07) is 9.30. The Morgan fingerprint density at radius 3 is 2.69 bits per heavy atom. The van der Waals surface area contributed by atoms with Gasteiger partial charge in [0, 0.05) is 0 Å². The van der Waals surface area contributed by atoms with Crippen LogP contribution in [-0.2, 0) is 14.3 Å². The smallest absolute Gasteiger partial charge is 0.338 e. The van der Waals surface area contributed by atoms with Gasteiger partial charge in [-0.25, -0.2) is 9.79 Å². The molecule has 1 amide bonds. The van der Waals surface area contributed by atoms with Gasteiger partial charge in [0.15, 0.2) is 5.17 Å². The minimum atomic E-state index is -0.502. The van der Waals surface area contributed by atoms with Crippen LogP contribution < -0.4 is 0 Å². The zero-order chi connectivity index (χ0) is 18.7. The van der Waals surface area contributed by atoms with Crippen LogP contribution in [-0.4, -0.2) is 39.8 Å². The first-order valence-electron chi connectivity index (χ1n) is 8.76. The summed E-state index contributed by atoms with van der Waals surface area (Å²) in [5.41, 5.74) is 2.03. The average Bonchev–Trinajstić information content (AvgIpc) is 2.95. The van der Waals surface area contributed by atoms with Crippen molar-refractivity contribution >= 4 is 34.9 Å². The lowest BCUT2D eigenvalue weighted by molar-refractivity contribution is -0.139. The minimum absolute atomic E-state index is 0.00624. The second-order valence-corrected chi connectivity index (χ2v) is 7.22. The summed E-state index contributed by atoms with van der Waals surface area (Å²) >= 11 is 1.47. The molecule has 2 aliphatic rings. The Balaban J connectivity index is 2.02. The van der Waals surface area contributed by atoms with Crippen molar-refractivity contribution in [1.29, 1.82) is 0 Å². The van der Waals surface area contributed by atoms with Gasteiger partial charge in [-0.1, -0.05) is 61.2 Å². The molecule has 0 aliphatic carbocycles. The predicted octanol–water partition coefficient (Wildman–Crippen LogP) is 3.63. The molecule has 1 aromatic rings. The quantitative estimate of drug-likeness (QED) is 0.743. The van der Waals surface area contributed by atoms with Gasteiger partial charge in [0.2, 0.25) is 5.91 Å². The molecular formula is C20H22N2O3S. The van der Waals surface area contributed by atoms with E-state index in [-0.39, 0.29) is 17.8 Å². The number of allylic oxidation sites excluding steroid dienone is 1. The normalized spacial score (nSPS) is 22.7. The van der Waals surface area contributed by atoms with Crippen LogP contribution in [0.4, 0.5) is 0 Å². The van der Waals surface area contributed by atoms with Gasteiger partial charge in [0.05, 0.1) is 29.2 Å². The van der Waals surface area contributed by atoms with Crippen LogP contribution in [0, 0.1) is 0 Å². The number of hydrogen-bond acceptors (Lipinski definition) is 5. The van der Waals surface area contributed by atoms with E-state index in [1.165, 1.54) is 11.8 Å². The van der Waals surface area contributed by atoms with Gasteiger partial charge in [-0.05, 0) is 25.8 Å². The number of aliphatic imine (C=N–C) groups is 1. The van der Waals surface area contributed by atoms with E-state index < -0.39 is 12.0 Å². The fourth-order valence-electron chi connectivity index (χ4n) is 3.05. The van der Waals surface area contributed by atoms with Crippen LogP contribution in [0.1, 0.15) is 32.8 Å². The van der Waals surface area contributed by atoms with Crippen molar-refractivity contribution in [2.75, 3.05) is 6.61 Å². The molecular weight excluding hydrogens is 348 g/mol. The van der Waals surface area contributed by atoms with Crippen molar-refractivity contribution in [2.45, 2.75) is 38.5 Å². The van der Waals surface area contributed by atoms with Gasteiger partial charge >= 0.3 is 5.97 Å². The number of hydrogen-bond donors (Lipinski definition) is 0. The highest BCUT2D eigenvalue weighted by Crippen LogP contribution is 2.38. The molecule has 2 aliphatic heterocycles. The first-order chi connectivity index (χ1) is 12.6. The van der Waals surface area contributed by atoms with E-state index in [0.717, 1.165) is 12.0 Å². The summed E-state index contributed by atoms with van der Waals surface area (Å²) in [6.07, 6.45) is 4.54. The molecule has 2 atom stereocenters. The molecule has 5 nitrogen and oxygen atoms in total. The number of esters is 1. The summed E-state index contributed by atoms with van der Waals surface area (Å²) in [4.78, 5) is 31.5. The second kappa shape index (κ2) is 7.91. The number of thioether (sulfide) groups is 1. The maximum absolute atomic E-state index is 12.8. The molecule has 136 valence electrons. The Morgan fingerprint density at radius 2 is 2.04 bits per heavy atom. The largest absolute Gasteiger partial charge is 0.463 e. The van der Waals surface area contributed by atoms with E-state index in [0.29, 0.717) is 16.4 Å². The van der Waals surface area contributed by atoms with Crippen LogP contribution >= 0.6 is 11.8 Å². The van der Waals surface area contributed by atoms with E-state index in [2.05, 4.69) is 4.99 Å². The standard InChI is InChI=1S/C20H22N2O3S/c1-4-16-18(23)22-15(12-11-14-9-7-6-8-10-14)17(19(24)25-5-2)13(3)21-20(22)26-16/h6-12,15-16H,4-5H2,1-3H3/b12-11+. The topological polar surface area (TPSA) is 59.0 Å². The summed E-state index contributed by atoms with van der Waals surface area (Å²) in [7, 11) is 0. The Bertz CT molecular complexity index is 799. The van der Waals surface area contributed by atoms with E-state index >= 15 is 0 Å². The fraction of sp³-hybridized carbons (Fsp3) is 0.350. The Kier molecular flexibility index (Phi) is 5.61. The number of rotatable bonds is 5. The average molecular weight is 370 g/mol. The van der Waals surface area contributed by atoms with Crippen molar-refractivity contribution in [3.8, 4) is 0 Å². The third-order valence-electron chi connectivity index (χ3n) is 4.33. The molecule has 0 N–H and O–H groups in total. The number of amides is 1. The molecule has 0 saturated carbocycles. The summed E-state index contributed by atoms with van der Waals surface area (Å²) in [5, 5.41) is 0.505. The third kappa shape index (κ3) is 3.46. The highest BCUT2D eigenvalue weighted by Gasteiger charge is 2.45. The van der Waals surface area contributed by atoms with Gasteiger partial charge in [-0.3, -0.25) is 9.69 Å². The maximum Gasteiger partial charge on any atom is 0.338 e. The molecule has 3 rings (SSSR count). The van der Waals surface area contributed by atoms with Gasteiger partial charge in [0.1, 0.15) is 0 Å². The third-order valence-corrected chi connectivity index (χ3v) is 5.65. The molecule has 0 bridgehead atoms. The van der Waals surface area contributed by atoms with E-state index in [1.807, 2.05) is 49.4 Å². The van der Waals surface area contributed by atoms with E-state index in [4.69, 9.17) is 4.74 Å². The van der Waals surface area contributed by atoms with Crippen LogP contribution in [0.15, 0.2) is 52.7 Å². The van der Waals surface area contributed by atoms with Gasteiger partial charge in [-0.15, -0.1) is 0 Å². The minimum Gasteiger partial charge on any atom is -0.463 e. The molecule has 0 aromatic heterocycles. The number of benzene rings is 1. The van der Waals surface area contributed by atoms with Gasteiger partial charge in [-0.2, -0.15) is 0 Å². The van der Waals surface area contributed by atoms with Crippen LogP contribution in [0.25, 0.3) is 6.08 Å². The lowest BCUT2D eigenvalue weighted by Gasteiger charge is -2.30. The lowest BCUT2D eigenvalue weighted by atomic mass is 10.00. The number of fused-ring (bicyclic) bond motifs is 1. The number of amidine groups is 1. The highest BCUT2D eigenvalue weighted by atomic mass is 32.2. The SMILES string of the molecule is CCOC(=O)C1=C(C)N=C2SC(CC)C(=O)N2C1/C=C/c1ccccc1. The summed E-state index contributed by atoms with van der Waals surface area (Å²) < 4.78 is 5.23. The van der Waals surface area contributed by atoms with E-state index in [9.17, 15) is 9.59 Å². The van der Waals surface area contributed by atoms with E-state index in [1.54, 1.807) is 18.7 Å². The zero-order valence-electron chi connectivity index (χ0n) is 15.1. The number of carbonyl (C=O) groups excluding carboxylic acids is 2. The van der Waals surface area contributed by atoms with Crippen molar-refractivity contribution in [3.05, 3.63) is 53.2 Å². The molecule has 2 unspecified atom stereocenters. The lowest BCUT2D eigenvalue weighted by Crippen LogP contribution is -2.45. The molecule has 1 fully saturated rings. The monoisotopic (exact) mass is 370 g/mol. The second-order valence-electron chi connectivity index (χ2n) is 6.05. The van der Waals surface area contributed by atoms with Gasteiger partial charge in [0.25, 0.3) is 0 Å². The molecule has 2 heterocycles. The molecule has 6 heteroatoms. The Labute approximate surface area is 157 Å². The van der Waals surface area contributed by atoms with Gasteiger partial charge < -0.3 is 4.74 Å². The van der Waals surface area contributed by atoms with Crippen molar-refractivity contribution in [1.82, 2.24) is 4.90 Å². The Morgan fingerprint density at radius 1 is 1.31 bits per heavy atom. The first-order valence-corrected chi connectivity index (χ1v) is 9.64. The number of carbonyl (C=O) groups is 2. The highest BCUT2D eigenvalue weighted by molar-refractivity contribution is 8.15. The predicted molar refractivity (Wildman–Crippen MR) is 105 cm³/mol. The summed E-state index contributed by atoms with van der Waals surface area (Å²) in [6.45, 7) is 5.83. The maximum atomic E-state index is 12.8. The van der Waals surface area contributed by atoms with Crippen LogP contribution in [0.5, 0.6) is 0 Å². The molecule has 1 saturated heterocycles. The van der Waals surface area contributed by atoms with Crippen LogP contribution in [0.3, 0.4) is 0 Å². The number of nitrogens with zero attached hydrogens (tertiary/aromatic N) is 2. The molecule has 1 aromatic carbocycles. The zero-order valence-corrected chi connectivity index (χ0v) is 16.0.